The fourth-order valence-electron chi connectivity index (χ4n) is 1.74. The Morgan fingerprint density at radius 3 is 2.94 bits per heavy atom. The fourth-order valence-corrected chi connectivity index (χ4v) is 1.74. The summed E-state index contributed by atoms with van der Waals surface area (Å²) in [5, 5.41) is 12.5. The van der Waals surface area contributed by atoms with Crippen LogP contribution in [-0.2, 0) is 6.54 Å². The highest BCUT2D eigenvalue weighted by Crippen LogP contribution is 2.13. The number of carbonyl (C=O) groups excluding carboxylic acids is 1. The minimum atomic E-state index is -0.150. The first-order valence-corrected chi connectivity index (χ1v) is 5.75. The van der Waals surface area contributed by atoms with Gasteiger partial charge in [-0.05, 0) is 31.7 Å². The SMILES string of the molecule is CNCc1cccc(NC(=O)c2cn[nH]c2C)c1. The lowest BCUT2D eigenvalue weighted by Crippen LogP contribution is -2.13. The number of anilines is 1. The predicted molar refractivity (Wildman–Crippen MR) is 70.5 cm³/mol. The molecule has 0 unspecified atom stereocenters. The van der Waals surface area contributed by atoms with Crippen LogP contribution in [0.5, 0.6) is 0 Å². The summed E-state index contributed by atoms with van der Waals surface area (Å²) in [5.41, 5.74) is 3.24. The topological polar surface area (TPSA) is 69.8 Å². The Morgan fingerprint density at radius 1 is 1.44 bits per heavy atom. The average molecular weight is 244 g/mol. The molecule has 0 fully saturated rings. The highest BCUT2D eigenvalue weighted by atomic mass is 16.1. The molecule has 1 aromatic heterocycles. The lowest BCUT2D eigenvalue weighted by atomic mass is 10.2. The van der Waals surface area contributed by atoms with Gasteiger partial charge in [0.1, 0.15) is 0 Å². The van der Waals surface area contributed by atoms with E-state index in [9.17, 15) is 4.79 Å². The molecule has 0 spiro atoms. The summed E-state index contributed by atoms with van der Waals surface area (Å²) in [7, 11) is 1.89. The van der Waals surface area contributed by atoms with Crippen molar-refractivity contribution in [3.8, 4) is 0 Å². The van der Waals surface area contributed by atoms with Gasteiger partial charge in [-0.15, -0.1) is 0 Å². The molecule has 5 nitrogen and oxygen atoms in total. The second-order valence-electron chi connectivity index (χ2n) is 4.09. The van der Waals surface area contributed by atoms with Gasteiger partial charge in [-0.1, -0.05) is 12.1 Å². The van der Waals surface area contributed by atoms with Crippen LogP contribution in [0.1, 0.15) is 21.6 Å². The molecule has 0 aliphatic heterocycles. The number of rotatable bonds is 4. The Kier molecular flexibility index (Phi) is 3.74. The first-order chi connectivity index (χ1) is 8.70. The number of aromatic nitrogens is 2. The maximum atomic E-state index is 12.0. The van der Waals surface area contributed by atoms with Crippen molar-refractivity contribution in [3.05, 3.63) is 47.3 Å². The van der Waals surface area contributed by atoms with Crippen molar-refractivity contribution < 1.29 is 4.79 Å². The second-order valence-corrected chi connectivity index (χ2v) is 4.09. The van der Waals surface area contributed by atoms with Crippen molar-refractivity contribution in [2.24, 2.45) is 0 Å². The Hall–Kier alpha value is -2.14. The molecule has 94 valence electrons. The first kappa shape index (κ1) is 12.3. The third-order valence-corrected chi connectivity index (χ3v) is 2.64. The molecule has 0 bridgehead atoms. The van der Waals surface area contributed by atoms with Gasteiger partial charge in [0, 0.05) is 17.9 Å². The molecule has 0 aliphatic carbocycles. The Bertz CT molecular complexity index is 547. The molecule has 0 saturated carbocycles. The molecule has 5 heteroatoms. The number of aromatic amines is 1. The first-order valence-electron chi connectivity index (χ1n) is 5.75. The van der Waals surface area contributed by atoms with Crippen molar-refractivity contribution in [1.29, 1.82) is 0 Å². The van der Waals surface area contributed by atoms with Gasteiger partial charge in [0.25, 0.3) is 5.91 Å². The van der Waals surface area contributed by atoms with Gasteiger partial charge in [0.05, 0.1) is 11.8 Å². The quantitative estimate of drug-likeness (QED) is 0.766. The van der Waals surface area contributed by atoms with E-state index in [4.69, 9.17) is 0 Å². The standard InChI is InChI=1S/C13H16N4O/c1-9-12(8-15-17-9)13(18)16-11-5-3-4-10(6-11)7-14-2/h3-6,8,14H,7H2,1-2H3,(H,15,17)(H,16,18). The highest BCUT2D eigenvalue weighted by Gasteiger charge is 2.10. The van der Waals surface area contributed by atoms with E-state index in [-0.39, 0.29) is 5.91 Å². The number of nitrogens with zero attached hydrogens (tertiary/aromatic N) is 1. The minimum Gasteiger partial charge on any atom is -0.322 e. The van der Waals surface area contributed by atoms with Crippen LogP contribution >= 0.6 is 0 Å². The third-order valence-electron chi connectivity index (χ3n) is 2.64. The highest BCUT2D eigenvalue weighted by molar-refractivity contribution is 6.04. The minimum absolute atomic E-state index is 0.150. The lowest BCUT2D eigenvalue weighted by molar-refractivity contribution is 0.102. The maximum absolute atomic E-state index is 12.0. The summed E-state index contributed by atoms with van der Waals surface area (Å²) in [6.45, 7) is 2.59. The number of H-pyrrole nitrogens is 1. The van der Waals surface area contributed by atoms with E-state index in [1.165, 1.54) is 6.20 Å². The Balaban J connectivity index is 2.12. The van der Waals surface area contributed by atoms with Crippen LogP contribution in [0.4, 0.5) is 5.69 Å². The van der Waals surface area contributed by atoms with Crippen LogP contribution < -0.4 is 10.6 Å². The van der Waals surface area contributed by atoms with Crippen molar-refractivity contribution >= 4 is 11.6 Å². The average Bonchev–Trinajstić information content (AvgIpc) is 2.76. The maximum Gasteiger partial charge on any atom is 0.259 e. The third kappa shape index (κ3) is 2.75. The van der Waals surface area contributed by atoms with Crippen molar-refractivity contribution in [3.63, 3.8) is 0 Å². The van der Waals surface area contributed by atoms with Crippen molar-refractivity contribution in [2.75, 3.05) is 12.4 Å². The smallest absolute Gasteiger partial charge is 0.259 e. The summed E-state index contributed by atoms with van der Waals surface area (Å²) in [6, 6.07) is 7.75. The molecule has 0 aliphatic rings. The summed E-state index contributed by atoms with van der Waals surface area (Å²) in [5.74, 6) is -0.150. The number of hydrogen-bond donors (Lipinski definition) is 3. The fraction of sp³-hybridized carbons (Fsp3) is 0.231. The molecule has 1 aromatic carbocycles. The molecule has 1 amide bonds. The van der Waals surface area contributed by atoms with Crippen LogP contribution in [-0.4, -0.2) is 23.2 Å². The molecule has 18 heavy (non-hydrogen) atoms. The van der Waals surface area contributed by atoms with Gasteiger partial charge in [0.2, 0.25) is 0 Å². The molecule has 2 rings (SSSR count). The summed E-state index contributed by atoms with van der Waals surface area (Å²) < 4.78 is 0. The van der Waals surface area contributed by atoms with E-state index in [0.29, 0.717) is 5.56 Å². The van der Waals surface area contributed by atoms with Crippen LogP contribution in [0.15, 0.2) is 30.5 Å². The molecular formula is C13H16N4O. The Morgan fingerprint density at radius 2 is 2.28 bits per heavy atom. The number of aryl methyl sites for hydroxylation is 1. The largest absolute Gasteiger partial charge is 0.322 e. The van der Waals surface area contributed by atoms with Gasteiger partial charge < -0.3 is 10.6 Å². The summed E-state index contributed by atoms with van der Waals surface area (Å²) in [6.07, 6.45) is 1.53. The van der Waals surface area contributed by atoms with Gasteiger partial charge >= 0.3 is 0 Å². The summed E-state index contributed by atoms with van der Waals surface area (Å²) >= 11 is 0. The van der Waals surface area contributed by atoms with E-state index in [2.05, 4.69) is 20.8 Å². The Labute approximate surface area is 106 Å². The molecular weight excluding hydrogens is 228 g/mol. The van der Waals surface area contributed by atoms with Crippen molar-refractivity contribution in [2.45, 2.75) is 13.5 Å². The van der Waals surface area contributed by atoms with Gasteiger partial charge in [0.15, 0.2) is 0 Å². The predicted octanol–water partition coefficient (Wildman–Crippen LogP) is 1.69. The van der Waals surface area contributed by atoms with Gasteiger partial charge in [-0.2, -0.15) is 5.10 Å². The zero-order valence-corrected chi connectivity index (χ0v) is 10.4. The number of amides is 1. The van der Waals surface area contributed by atoms with Crippen LogP contribution in [0.2, 0.25) is 0 Å². The van der Waals surface area contributed by atoms with E-state index < -0.39 is 0 Å². The monoisotopic (exact) mass is 244 g/mol. The zero-order valence-electron chi connectivity index (χ0n) is 10.4. The molecule has 0 saturated heterocycles. The molecule has 1 heterocycles. The second kappa shape index (κ2) is 5.46. The van der Waals surface area contributed by atoms with Crippen molar-refractivity contribution in [1.82, 2.24) is 15.5 Å². The molecule has 3 N–H and O–H groups in total. The number of carbonyl (C=O) groups is 1. The number of benzene rings is 1. The van der Waals surface area contributed by atoms with Crippen LogP contribution in [0.25, 0.3) is 0 Å². The van der Waals surface area contributed by atoms with E-state index in [0.717, 1.165) is 23.5 Å². The lowest BCUT2D eigenvalue weighted by Gasteiger charge is -2.06. The number of nitrogens with one attached hydrogen (secondary N) is 3. The normalized spacial score (nSPS) is 10.3. The number of hydrogen-bond acceptors (Lipinski definition) is 3. The molecule has 0 radical (unpaired) electrons. The summed E-state index contributed by atoms with van der Waals surface area (Å²) in [4.78, 5) is 12.0. The van der Waals surface area contributed by atoms with E-state index >= 15 is 0 Å². The van der Waals surface area contributed by atoms with E-state index in [1.54, 1.807) is 0 Å². The van der Waals surface area contributed by atoms with Crippen LogP contribution in [0, 0.1) is 6.92 Å². The molecule has 0 atom stereocenters. The van der Waals surface area contributed by atoms with Crippen LogP contribution in [0.3, 0.4) is 0 Å². The van der Waals surface area contributed by atoms with E-state index in [1.807, 2.05) is 38.2 Å². The van der Waals surface area contributed by atoms with Gasteiger partial charge in [-0.25, -0.2) is 0 Å². The zero-order chi connectivity index (χ0) is 13.0. The molecule has 2 aromatic rings. The van der Waals surface area contributed by atoms with Gasteiger partial charge in [-0.3, -0.25) is 9.89 Å².